The summed E-state index contributed by atoms with van der Waals surface area (Å²) in [5.74, 6) is 0. The summed E-state index contributed by atoms with van der Waals surface area (Å²) in [4.78, 5) is 1.02. The molecule has 34 heavy (non-hydrogen) atoms. The molecule has 160 valence electrons. The van der Waals surface area contributed by atoms with Gasteiger partial charge < -0.3 is 13.7 Å². The first-order valence-electron chi connectivity index (χ1n) is 7.99. The van der Waals surface area contributed by atoms with E-state index in [-0.39, 0.29) is 127 Å². The first kappa shape index (κ1) is 32.5. The first-order valence-corrected chi connectivity index (χ1v) is 12.6. The Morgan fingerprint density at radius 2 is 0.941 bits per heavy atom. The average Bonchev–Trinajstić information content (AvgIpc) is 2.63. The summed E-state index contributed by atoms with van der Waals surface area (Å²) in [5, 5.41) is 1.22. The van der Waals surface area contributed by atoms with Crippen LogP contribution in [0.5, 0.6) is 0 Å². The van der Waals surface area contributed by atoms with E-state index in [1.165, 1.54) is 12.1 Å². The Morgan fingerprint density at radius 3 is 1.29 bits per heavy atom. The van der Waals surface area contributed by atoms with Gasteiger partial charge in [0.25, 0.3) is 0 Å². The first-order chi connectivity index (χ1) is 14.2. The van der Waals surface area contributed by atoms with E-state index in [0.29, 0.717) is 6.07 Å². The predicted molar refractivity (Wildman–Crippen MR) is 109 cm³/mol. The smallest absolute Gasteiger partial charge is 0.744 e. The van der Waals surface area contributed by atoms with Crippen LogP contribution in [-0.2, 0) is 30.4 Å². The number of benzene rings is 4. The average molecular weight is 565 g/mol. The molecule has 0 amide bonds. The summed E-state index contributed by atoms with van der Waals surface area (Å²) in [7, 11) is -15.6. The molecular weight excluding hydrogens is 559 g/mol. The van der Waals surface area contributed by atoms with Gasteiger partial charge in [0.2, 0.25) is 0 Å². The van der Waals surface area contributed by atoms with Crippen LogP contribution in [0.3, 0.4) is 0 Å². The molecule has 0 heterocycles. The third kappa shape index (κ3) is 5.64. The van der Waals surface area contributed by atoms with Crippen molar-refractivity contribution in [1.82, 2.24) is 0 Å². The zero-order valence-electron chi connectivity index (χ0n) is 17.7. The van der Waals surface area contributed by atoms with Crippen LogP contribution in [0.4, 0.5) is 5.69 Å². The fourth-order valence-corrected chi connectivity index (χ4v) is 5.91. The van der Waals surface area contributed by atoms with Crippen molar-refractivity contribution in [1.29, 1.82) is 0 Å². The van der Waals surface area contributed by atoms with E-state index in [0.717, 1.165) is 18.2 Å². The molecule has 0 radical (unpaired) electrons. The molecule has 0 aliphatic rings. The summed E-state index contributed by atoms with van der Waals surface area (Å²) < 4.78 is 106. The molecule has 0 fully saturated rings. The van der Waals surface area contributed by atoms with Crippen molar-refractivity contribution in [2.75, 3.05) is 0 Å². The number of nitrogens with zero attached hydrogens (tertiary/aromatic N) is 1. The van der Waals surface area contributed by atoms with Crippen molar-refractivity contribution in [3.63, 3.8) is 0 Å². The second-order valence-corrected chi connectivity index (χ2v) is 10.6. The molecular formula is C17H6NNa3O9S4. The monoisotopic (exact) mass is 565 g/mol. The van der Waals surface area contributed by atoms with E-state index in [9.17, 15) is 38.9 Å². The number of hydrogen-bond acceptors (Lipinski definition) is 11. The molecule has 0 saturated carbocycles. The van der Waals surface area contributed by atoms with E-state index >= 15 is 0 Å². The third-order valence-corrected chi connectivity index (χ3v) is 7.46. The van der Waals surface area contributed by atoms with Gasteiger partial charge in [-0.05, 0) is 29.7 Å². The second-order valence-electron chi connectivity index (χ2n) is 6.40. The molecule has 17 heteroatoms. The van der Waals surface area contributed by atoms with Crippen molar-refractivity contribution in [3.05, 3.63) is 36.4 Å². The number of aliphatic imine (C=N–C) groups is 1. The van der Waals surface area contributed by atoms with E-state index in [1.807, 2.05) is 5.16 Å². The van der Waals surface area contributed by atoms with Crippen molar-refractivity contribution < 1.29 is 128 Å². The van der Waals surface area contributed by atoms with Crippen LogP contribution in [0.25, 0.3) is 32.3 Å². The molecule has 0 atom stereocenters. The van der Waals surface area contributed by atoms with E-state index in [4.69, 9.17) is 0 Å². The van der Waals surface area contributed by atoms with Crippen molar-refractivity contribution in [3.8, 4) is 0 Å². The minimum atomic E-state index is -5.26. The molecule has 0 aliphatic carbocycles. The Labute approximate surface area is 265 Å². The zero-order valence-corrected chi connectivity index (χ0v) is 27.0. The summed E-state index contributed by atoms with van der Waals surface area (Å²) in [6, 6.07) is 6.07. The molecule has 4 rings (SSSR count). The van der Waals surface area contributed by atoms with Gasteiger partial charge in [-0.25, -0.2) is 25.3 Å². The maximum Gasteiger partial charge on any atom is 1.00 e. The SMILES string of the molecule is O=S(=O)([O-])c1cc(N=C=S)c2ccc3c(S(=O)(=O)[O-])cc(S(=O)(=O)[O-])c4ccc1c2c34.[Na+].[Na+].[Na+]. The van der Waals surface area contributed by atoms with Crippen molar-refractivity contribution in [2.45, 2.75) is 14.7 Å². The Balaban J connectivity index is 0.00000193. The molecule has 0 aliphatic heterocycles. The Hall–Kier alpha value is 0.450. The maximum atomic E-state index is 11.9. The molecule has 10 nitrogen and oxygen atoms in total. The Morgan fingerprint density at radius 1 is 0.618 bits per heavy atom. The van der Waals surface area contributed by atoms with Crippen LogP contribution >= 0.6 is 12.2 Å². The van der Waals surface area contributed by atoms with Gasteiger partial charge in [0.15, 0.2) is 0 Å². The summed E-state index contributed by atoms with van der Waals surface area (Å²) >= 11 is 4.54. The van der Waals surface area contributed by atoms with Crippen LogP contribution < -0.4 is 88.7 Å². The van der Waals surface area contributed by atoms with Gasteiger partial charge in [0.1, 0.15) is 30.4 Å². The minimum Gasteiger partial charge on any atom is -0.744 e. The molecule has 4 aromatic rings. The van der Waals surface area contributed by atoms with Gasteiger partial charge in [-0.3, -0.25) is 0 Å². The minimum absolute atomic E-state index is 0. The number of rotatable bonds is 4. The van der Waals surface area contributed by atoms with Crippen molar-refractivity contribution >= 4 is 85.7 Å². The fraction of sp³-hybridized carbons (Fsp3) is 0. The molecule has 0 saturated heterocycles. The predicted octanol–water partition coefficient (Wildman–Crippen LogP) is -6.96. The van der Waals surface area contributed by atoms with Crippen molar-refractivity contribution in [2.24, 2.45) is 4.99 Å². The summed E-state index contributed by atoms with van der Waals surface area (Å²) in [6.07, 6.45) is 0. The van der Waals surface area contributed by atoms with E-state index < -0.39 is 45.0 Å². The largest absolute Gasteiger partial charge is 1.00 e. The van der Waals surface area contributed by atoms with E-state index in [2.05, 4.69) is 17.2 Å². The van der Waals surface area contributed by atoms with Gasteiger partial charge in [-0.2, -0.15) is 4.99 Å². The van der Waals surface area contributed by atoms with Gasteiger partial charge in [0.05, 0.1) is 25.5 Å². The Bertz CT molecular complexity index is 1760. The topological polar surface area (TPSA) is 184 Å². The Kier molecular flexibility index (Phi) is 10.6. The third-order valence-electron chi connectivity index (χ3n) is 4.74. The van der Waals surface area contributed by atoms with Crippen LogP contribution in [0.2, 0.25) is 0 Å². The number of isothiocyanates is 1. The van der Waals surface area contributed by atoms with Gasteiger partial charge in [-0.1, -0.05) is 24.3 Å². The molecule has 4 aromatic carbocycles. The normalized spacial score (nSPS) is 12.0. The van der Waals surface area contributed by atoms with Crippen LogP contribution in [-0.4, -0.2) is 44.1 Å². The fourth-order valence-electron chi connectivity index (χ4n) is 3.64. The van der Waals surface area contributed by atoms with E-state index in [1.54, 1.807) is 0 Å². The van der Waals surface area contributed by atoms with Gasteiger partial charge in [-0.15, -0.1) is 0 Å². The second kappa shape index (κ2) is 11.1. The number of thiocarbonyl (C=S) groups is 1. The molecule has 0 bridgehead atoms. The quantitative estimate of drug-likeness (QED) is 0.0757. The summed E-state index contributed by atoms with van der Waals surface area (Å²) in [5.41, 5.74) is -0.117. The molecule has 0 spiro atoms. The molecule has 0 aromatic heterocycles. The van der Waals surface area contributed by atoms with Gasteiger partial charge in [0, 0.05) is 26.9 Å². The maximum absolute atomic E-state index is 11.9. The van der Waals surface area contributed by atoms with Gasteiger partial charge >= 0.3 is 88.7 Å². The van der Waals surface area contributed by atoms with Crippen LogP contribution in [0.1, 0.15) is 0 Å². The van der Waals surface area contributed by atoms with Crippen LogP contribution in [0, 0.1) is 0 Å². The molecule has 0 N–H and O–H groups in total. The summed E-state index contributed by atoms with van der Waals surface area (Å²) in [6.45, 7) is 0. The zero-order chi connectivity index (χ0) is 22.9. The number of hydrogen-bond donors (Lipinski definition) is 0. The standard InChI is InChI=1S/C17H9NO9S4.3Na/c19-29(20,21)13-5-12(18-7-28)8-1-2-10-14(30(22,23)24)6-15(31(25,26)27)11-4-3-9(13)16(8)17(10)11;;;/h1-6H,(H,19,20,21)(H,22,23,24)(H,25,26,27);;;/q;3*+1/p-3. The molecule has 0 unspecified atom stereocenters. The van der Waals surface area contributed by atoms with Crippen LogP contribution in [0.15, 0.2) is 56.1 Å².